The average Bonchev–Trinajstić information content (AvgIpc) is 2.58. The molecule has 25 heavy (non-hydrogen) atoms. The summed E-state index contributed by atoms with van der Waals surface area (Å²) in [4.78, 5) is 12.3. The minimum Gasteiger partial charge on any atom is -0.495 e. The van der Waals surface area contributed by atoms with Crippen molar-refractivity contribution in [3.63, 3.8) is 0 Å². The number of benzene rings is 2. The van der Waals surface area contributed by atoms with Crippen molar-refractivity contribution < 1.29 is 17.9 Å². The third-order valence-electron chi connectivity index (χ3n) is 3.87. The zero-order valence-corrected chi connectivity index (χ0v) is 15.6. The number of amides is 1. The minimum atomic E-state index is -3.84. The highest BCUT2D eigenvalue weighted by molar-refractivity contribution is 7.89. The number of hydrogen-bond donors (Lipinski definition) is 1. The summed E-state index contributed by atoms with van der Waals surface area (Å²) < 4.78 is 31.5. The topological polar surface area (TPSA) is 75.7 Å². The third-order valence-corrected chi connectivity index (χ3v) is 5.71. The number of nitrogens with zero attached hydrogens (tertiary/aromatic N) is 1. The van der Waals surface area contributed by atoms with Crippen LogP contribution in [0.5, 0.6) is 5.75 Å². The fourth-order valence-electron chi connectivity index (χ4n) is 2.48. The summed E-state index contributed by atoms with van der Waals surface area (Å²) in [7, 11) is -1.07. The summed E-state index contributed by atoms with van der Waals surface area (Å²) in [5.74, 6) is -0.164. The SMILES string of the molecule is COc1ccccc1S(=O)(=O)N(C)CC(=O)Nc1c(C)cccc1C. The van der Waals surface area contributed by atoms with Crippen molar-refractivity contribution in [2.24, 2.45) is 0 Å². The molecule has 0 radical (unpaired) electrons. The van der Waals surface area contributed by atoms with Crippen molar-refractivity contribution in [3.05, 3.63) is 53.6 Å². The molecule has 0 saturated heterocycles. The first-order valence-electron chi connectivity index (χ1n) is 7.72. The van der Waals surface area contributed by atoms with Crippen LogP contribution < -0.4 is 10.1 Å². The predicted molar refractivity (Wildman–Crippen MR) is 97.4 cm³/mol. The van der Waals surface area contributed by atoms with Crippen molar-refractivity contribution >= 4 is 21.6 Å². The lowest BCUT2D eigenvalue weighted by atomic mass is 10.1. The summed E-state index contributed by atoms with van der Waals surface area (Å²) in [5.41, 5.74) is 2.54. The van der Waals surface area contributed by atoms with Crippen LogP contribution in [0.2, 0.25) is 0 Å². The molecular weight excluding hydrogens is 340 g/mol. The summed E-state index contributed by atoms with van der Waals surface area (Å²) >= 11 is 0. The number of likely N-dealkylation sites (N-methyl/N-ethyl adjacent to an activating group) is 1. The van der Waals surface area contributed by atoms with Crippen LogP contribution in [0.4, 0.5) is 5.69 Å². The molecule has 1 N–H and O–H groups in total. The maximum Gasteiger partial charge on any atom is 0.246 e. The van der Waals surface area contributed by atoms with Gasteiger partial charge in [0, 0.05) is 12.7 Å². The van der Waals surface area contributed by atoms with E-state index in [9.17, 15) is 13.2 Å². The molecule has 1 amide bonds. The van der Waals surface area contributed by atoms with E-state index in [0.29, 0.717) is 5.69 Å². The Morgan fingerprint density at radius 1 is 1.08 bits per heavy atom. The molecule has 0 aliphatic carbocycles. The van der Waals surface area contributed by atoms with Crippen LogP contribution >= 0.6 is 0 Å². The smallest absolute Gasteiger partial charge is 0.246 e. The Bertz CT molecular complexity index is 858. The van der Waals surface area contributed by atoms with E-state index in [1.807, 2.05) is 32.0 Å². The lowest BCUT2D eigenvalue weighted by Gasteiger charge is -2.19. The van der Waals surface area contributed by atoms with Gasteiger partial charge in [-0.3, -0.25) is 4.79 Å². The van der Waals surface area contributed by atoms with Gasteiger partial charge in [-0.1, -0.05) is 30.3 Å². The van der Waals surface area contributed by atoms with E-state index >= 15 is 0 Å². The lowest BCUT2D eigenvalue weighted by molar-refractivity contribution is -0.116. The van der Waals surface area contributed by atoms with Gasteiger partial charge in [0.05, 0.1) is 13.7 Å². The number of para-hydroxylation sites is 2. The van der Waals surface area contributed by atoms with Gasteiger partial charge in [-0.2, -0.15) is 4.31 Å². The molecule has 0 aromatic heterocycles. The number of anilines is 1. The van der Waals surface area contributed by atoms with Gasteiger partial charge in [0.25, 0.3) is 0 Å². The van der Waals surface area contributed by atoms with Gasteiger partial charge in [0.15, 0.2) is 0 Å². The number of methoxy groups -OCH3 is 1. The Morgan fingerprint density at radius 2 is 1.68 bits per heavy atom. The Balaban J connectivity index is 2.18. The van der Waals surface area contributed by atoms with Gasteiger partial charge in [-0.15, -0.1) is 0 Å². The largest absolute Gasteiger partial charge is 0.495 e. The van der Waals surface area contributed by atoms with Crippen LogP contribution in [0.1, 0.15) is 11.1 Å². The highest BCUT2D eigenvalue weighted by atomic mass is 32.2. The van der Waals surface area contributed by atoms with E-state index in [1.54, 1.807) is 18.2 Å². The monoisotopic (exact) mass is 362 g/mol. The highest BCUT2D eigenvalue weighted by Gasteiger charge is 2.26. The number of hydrogen-bond acceptors (Lipinski definition) is 4. The van der Waals surface area contributed by atoms with Crippen molar-refractivity contribution in [3.8, 4) is 5.75 Å². The highest BCUT2D eigenvalue weighted by Crippen LogP contribution is 2.25. The average molecular weight is 362 g/mol. The van der Waals surface area contributed by atoms with E-state index in [0.717, 1.165) is 15.4 Å². The van der Waals surface area contributed by atoms with E-state index in [2.05, 4.69) is 5.32 Å². The molecule has 6 nitrogen and oxygen atoms in total. The van der Waals surface area contributed by atoms with E-state index in [-0.39, 0.29) is 17.2 Å². The standard InChI is InChI=1S/C18H22N2O4S/c1-13-8-7-9-14(2)18(13)19-17(21)12-20(3)25(22,23)16-11-6-5-10-15(16)24-4/h5-11H,12H2,1-4H3,(H,19,21). The number of ether oxygens (including phenoxy) is 1. The second-order valence-electron chi connectivity index (χ2n) is 5.73. The molecule has 0 unspecified atom stereocenters. The number of carbonyl (C=O) groups is 1. The number of rotatable bonds is 6. The molecule has 2 rings (SSSR count). The predicted octanol–water partition coefficient (Wildman–Crippen LogP) is 2.57. The summed E-state index contributed by atoms with van der Waals surface area (Å²) in [6.07, 6.45) is 0. The Hall–Kier alpha value is -2.38. The molecular formula is C18H22N2O4S. The molecule has 2 aromatic carbocycles. The van der Waals surface area contributed by atoms with Crippen LogP contribution in [0.3, 0.4) is 0 Å². The fraction of sp³-hybridized carbons (Fsp3) is 0.278. The zero-order chi connectivity index (χ0) is 18.6. The van der Waals surface area contributed by atoms with Crippen LogP contribution in [-0.4, -0.2) is 39.3 Å². The maximum atomic E-state index is 12.7. The van der Waals surface area contributed by atoms with Gasteiger partial charge in [-0.05, 0) is 37.1 Å². The molecule has 0 saturated carbocycles. The molecule has 134 valence electrons. The molecule has 0 aliphatic rings. The minimum absolute atomic E-state index is 0.0277. The molecule has 0 bridgehead atoms. The number of sulfonamides is 1. The first kappa shape index (κ1) is 19.0. The molecule has 0 fully saturated rings. The van der Waals surface area contributed by atoms with Gasteiger partial charge >= 0.3 is 0 Å². The van der Waals surface area contributed by atoms with Crippen molar-refractivity contribution in [1.82, 2.24) is 4.31 Å². The number of nitrogens with one attached hydrogen (secondary N) is 1. The van der Waals surface area contributed by atoms with Crippen molar-refractivity contribution in [2.75, 3.05) is 26.0 Å². The molecule has 2 aromatic rings. The Labute approximate surface area is 148 Å². The second-order valence-corrected chi connectivity index (χ2v) is 7.74. The maximum absolute atomic E-state index is 12.7. The summed E-state index contributed by atoms with van der Waals surface area (Å²) in [6.45, 7) is 3.48. The lowest BCUT2D eigenvalue weighted by Crippen LogP contribution is -2.35. The van der Waals surface area contributed by atoms with Crippen molar-refractivity contribution in [2.45, 2.75) is 18.7 Å². The van der Waals surface area contributed by atoms with Crippen molar-refractivity contribution in [1.29, 1.82) is 0 Å². The molecule has 0 aliphatic heterocycles. The van der Waals surface area contributed by atoms with E-state index < -0.39 is 15.9 Å². The fourth-order valence-corrected chi connectivity index (χ4v) is 3.76. The second kappa shape index (κ2) is 7.67. The summed E-state index contributed by atoms with van der Waals surface area (Å²) in [6, 6.07) is 12.0. The summed E-state index contributed by atoms with van der Waals surface area (Å²) in [5, 5.41) is 2.79. The first-order valence-corrected chi connectivity index (χ1v) is 9.16. The van der Waals surface area contributed by atoms with E-state index in [1.165, 1.54) is 20.2 Å². The Morgan fingerprint density at radius 3 is 2.28 bits per heavy atom. The normalized spacial score (nSPS) is 11.4. The van der Waals surface area contributed by atoms with E-state index in [4.69, 9.17) is 4.74 Å². The third kappa shape index (κ3) is 4.18. The number of carbonyl (C=O) groups excluding carboxylic acids is 1. The van der Waals surface area contributed by atoms with Crippen LogP contribution in [-0.2, 0) is 14.8 Å². The van der Waals surface area contributed by atoms with Crippen LogP contribution in [0.15, 0.2) is 47.4 Å². The molecule has 0 heterocycles. The molecule has 0 atom stereocenters. The molecule has 7 heteroatoms. The van der Waals surface area contributed by atoms with Gasteiger partial charge < -0.3 is 10.1 Å². The van der Waals surface area contributed by atoms with Gasteiger partial charge in [-0.25, -0.2) is 8.42 Å². The van der Waals surface area contributed by atoms with Crippen LogP contribution in [0, 0.1) is 13.8 Å². The molecule has 0 spiro atoms. The van der Waals surface area contributed by atoms with Crippen LogP contribution in [0.25, 0.3) is 0 Å². The zero-order valence-electron chi connectivity index (χ0n) is 14.7. The van der Waals surface area contributed by atoms with Gasteiger partial charge in [0.1, 0.15) is 10.6 Å². The Kier molecular flexibility index (Phi) is 5.81. The quantitative estimate of drug-likeness (QED) is 0.857. The first-order chi connectivity index (χ1) is 11.8. The van der Waals surface area contributed by atoms with Gasteiger partial charge in [0.2, 0.25) is 15.9 Å². The number of aryl methyl sites for hydroxylation is 2.